The third-order valence-corrected chi connectivity index (χ3v) is 5.09. The summed E-state index contributed by atoms with van der Waals surface area (Å²) in [6, 6.07) is 5.57. The van der Waals surface area contributed by atoms with Gasteiger partial charge >= 0.3 is 5.97 Å². The highest BCUT2D eigenvalue weighted by molar-refractivity contribution is 7.09. The molecule has 0 bridgehead atoms. The number of hydrogen-bond acceptors (Lipinski definition) is 6. The van der Waals surface area contributed by atoms with Crippen LogP contribution in [0.15, 0.2) is 23.6 Å². The molecule has 0 N–H and O–H groups in total. The minimum atomic E-state index is -1.16. The molecule has 0 saturated carbocycles. The van der Waals surface area contributed by atoms with Crippen LogP contribution in [0.2, 0.25) is 0 Å². The van der Waals surface area contributed by atoms with Gasteiger partial charge in [-0.2, -0.15) is 0 Å². The number of amides is 1. The van der Waals surface area contributed by atoms with E-state index in [1.807, 2.05) is 30.5 Å². The average molecular weight is 374 g/mol. The van der Waals surface area contributed by atoms with Crippen molar-refractivity contribution in [3.8, 4) is 17.0 Å². The average Bonchev–Trinajstić information content (AvgIpc) is 3.02. The maximum absolute atomic E-state index is 12.9. The lowest BCUT2D eigenvalue weighted by atomic mass is 9.98. The molecule has 138 valence electrons. The summed E-state index contributed by atoms with van der Waals surface area (Å²) >= 11 is 1.56. The van der Waals surface area contributed by atoms with Gasteiger partial charge in [-0.3, -0.25) is 9.69 Å². The number of aromatic nitrogens is 1. The quantitative estimate of drug-likeness (QED) is 0.765. The minimum Gasteiger partial charge on any atom is -0.479 e. The monoisotopic (exact) mass is 374 g/mol. The first-order valence-corrected chi connectivity index (χ1v) is 9.38. The van der Waals surface area contributed by atoms with Crippen LogP contribution >= 0.6 is 11.3 Å². The molecule has 6 nitrogen and oxygen atoms in total. The topological polar surface area (TPSA) is 68.7 Å². The van der Waals surface area contributed by atoms with Gasteiger partial charge < -0.3 is 9.47 Å². The SMILES string of the molecule is CCOC(=O)C(C)(C)N1C(=O)C(C)Oc2ccc(-c3csc(C)n3)cc21. The Balaban J connectivity index is 2.11. The third kappa shape index (κ3) is 3.07. The Bertz CT molecular complexity index is 859. The number of carbonyl (C=O) groups is 2. The van der Waals surface area contributed by atoms with E-state index in [9.17, 15) is 9.59 Å². The van der Waals surface area contributed by atoms with Crippen LogP contribution in [0.3, 0.4) is 0 Å². The first-order chi connectivity index (χ1) is 12.3. The molecule has 0 fully saturated rings. The summed E-state index contributed by atoms with van der Waals surface area (Å²) in [6.45, 7) is 8.98. The summed E-state index contributed by atoms with van der Waals surface area (Å²) in [5.74, 6) is -0.171. The lowest BCUT2D eigenvalue weighted by Crippen LogP contribution is -2.59. The number of fused-ring (bicyclic) bond motifs is 1. The van der Waals surface area contributed by atoms with E-state index in [1.165, 1.54) is 4.90 Å². The number of anilines is 1. The summed E-state index contributed by atoms with van der Waals surface area (Å²) in [7, 11) is 0. The van der Waals surface area contributed by atoms with Crippen molar-refractivity contribution in [3.05, 3.63) is 28.6 Å². The normalized spacial score (nSPS) is 16.9. The van der Waals surface area contributed by atoms with Crippen LogP contribution in [-0.4, -0.2) is 35.1 Å². The van der Waals surface area contributed by atoms with Gasteiger partial charge in [0.1, 0.15) is 11.3 Å². The number of ether oxygens (including phenoxy) is 2. The zero-order chi connectivity index (χ0) is 19.1. The minimum absolute atomic E-state index is 0.251. The zero-order valence-electron chi connectivity index (χ0n) is 15.5. The number of hydrogen-bond donors (Lipinski definition) is 0. The Morgan fingerprint density at radius 3 is 2.77 bits per heavy atom. The first-order valence-electron chi connectivity index (χ1n) is 8.50. The van der Waals surface area contributed by atoms with Gasteiger partial charge in [0, 0.05) is 10.9 Å². The molecule has 0 aliphatic carbocycles. The van der Waals surface area contributed by atoms with Crippen molar-refractivity contribution in [1.29, 1.82) is 0 Å². The highest BCUT2D eigenvalue weighted by Crippen LogP contribution is 2.41. The van der Waals surface area contributed by atoms with Gasteiger partial charge in [-0.15, -0.1) is 11.3 Å². The fraction of sp³-hybridized carbons (Fsp3) is 0.421. The second-order valence-corrected chi connectivity index (χ2v) is 7.71. The fourth-order valence-electron chi connectivity index (χ4n) is 2.96. The molecule has 1 aromatic carbocycles. The summed E-state index contributed by atoms with van der Waals surface area (Å²) in [6.07, 6.45) is -0.677. The van der Waals surface area contributed by atoms with Crippen molar-refractivity contribution in [3.63, 3.8) is 0 Å². The standard InChI is InChI=1S/C19H22N2O4S/c1-6-24-18(23)19(4,5)21-15-9-13(14-10-26-12(3)20-14)7-8-16(15)25-11(2)17(21)22/h7-11H,6H2,1-5H3. The molecule has 1 aliphatic rings. The van der Waals surface area contributed by atoms with E-state index in [-0.39, 0.29) is 12.5 Å². The lowest BCUT2D eigenvalue weighted by Gasteiger charge is -2.41. The summed E-state index contributed by atoms with van der Waals surface area (Å²) in [4.78, 5) is 31.4. The molecule has 26 heavy (non-hydrogen) atoms. The Morgan fingerprint density at radius 1 is 1.42 bits per heavy atom. The molecule has 1 aliphatic heterocycles. The van der Waals surface area contributed by atoms with E-state index >= 15 is 0 Å². The number of aryl methyl sites for hydroxylation is 1. The zero-order valence-corrected chi connectivity index (χ0v) is 16.3. The van der Waals surface area contributed by atoms with E-state index in [1.54, 1.807) is 39.0 Å². The Labute approximate surface area is 156 Å². The Hall–Kier alpha value is -2.41. The van der Waals surface area contributed by atoms with Crippen molar-refractivity contribution in [2.75, 3.05) is 11.5 Å². The van der Waals surface area contributed by atoms with E-state index in [4.69, 9.17) is 9.47 Å². The van der Waals surface area contributed by atoms with Crippen LogP contribution in [0.5, 0.6) is 5.75 Å². The third-order valence-electron chi connectivity index (χ3n) is 4.32. The van der Waals surface area contributed by atoms with Gasteiger partial charge in [0.15, 0.2) is 6.10 Å². The molecule has 1 amide bonds. The van der Waals surface area contributed by atoms with Crippen molar-refractivity contribution < 1.29 is 19.1 Å². The Kier molecular flexibility index (Phi) is 4.75. The van der Waals surface area contributed by atoms with E-state index in [0.29, 0.717) is 11.4 Å². The number of benzene rings is 1. The number of esters is 1. The first kappa shape index (κ1) is 18.4. The van der Waals surface area contributed by atoms with Crippen LogP contribution in [0.4, 0.5) is 5.69 Å². The van der Waals surface area contributed by atoms with Crippen molar-refractivity contribution in [2.24, 2.45) is 0 Å². The Morgan fingerprint density at radius 2 is 2.15 bits per heavy atom. The molecule has 0 radical (unpaired) electrons. The molecule has 1 unspecified atom stereocenters. The maximum atomic E-state index is 12.9. The van der Waals surface area contributed by atoms with Crippen LogP contribution in [0.1, 0.15) is 32.7 Å². The van der Waals surface area contributed by atoms with Crippen LogP contribution in [-0.2, 0) is 14.3 Å². The molecule has 2 heterocycles. The van der Waals surface area contributed by atoms with E-state index in [2.05, 4.69) is 4.98 Å². The molecule has 7 heteroatoms. The largest absolute Gasteiger partial charge is 0.479 e. The van der Waals surface area contributed by atoms with Gasteiger partial charge in [-0.05, 0) is 52.8 Å². The van der Waals surface area contributed by atoms with Crippen LogP contribution in [0, 0.1) is 6.92 Å². The lowest BCUT2D eigenvalue weighted by molar-refractivity contribution is -0.150. The predicted molar refractivity (Wildman–Crippen MR) is 101 cm³/mol. The summed E-state index contributed by atoms with van der Waals surface area (Å²) < 4.78 is 10.9. The molecule has 3 rings (SSSR count). The molecule has 1 atom stereocenters. The summed E-state index contributed by atoms with van der Waals surface area (Å²) in [5, 5.41) is 2.92. The maximum Gasteiger partial charge on any atom is 0.331 e. The van der Waals surface area contributed by atoms with Gasteiger partial charge in [-0.1, -0.05) is 0 Å². The predicted octanol–water partition coefficient (Wildman–Crippen LogP) is 3.57. The fourth-order valence-corrected chi connectivity index (χ4v) is 3.59. The highest BCUT2D eigenvalue weighted by atomic mass is 32.1. The second-order valence-electron chi connectivity index (χ2n) is 6.65. The van der Waals surface area contributed by atoms with E-state index in [0.717, 1.165) is 16.3 Å². The number of thiazole rings is 1. The molecule has 2 aromatic rings. The molecular formula is C19H22N2O4S. The highest BCUT2D eigenvalue weighted by Gasteiger charge is 2.45. The molecular weight excluding hydrogens is 352 g/mol. The summed E-state index contributed by atoms with van der Waals surface area (Å²) in [5.41, 5.74) is 1.09. The van der Waals surface area contributed by atoms with Gasteiger partial charge in [0.25, 0.3) is 5.91 Å². The van der Waals surface area contributed by atoms with Crippen LogP contribution in [0.25, 0.3) is 11.3 Å². The number of carbonyl (C=O) groups excluding carboxylic acids is 2. The van der Waals surface area contributed by atoms with Gasteiger partial charge in [0.05, 0.1) is 23.0 Å². The molecule has 0 spiro atoms. The van der Waals surface area contributed by atoms with Gasteiger partial charge in [0.2, 0.25) is 0 Å². The van der Waals surface area contributed by atoms with Gasteiger partial charge in [-0.25, -0.2) is 9.78 Å². The number of nitrogens with zero attached hydrogens (tertiary/aromatic N) is 2. The molecule has 0 saturated heterocycles. The van der Waals surface area contributed by atoms with Crippen LogP contribution < -0.4 is 9.64 Å². The second kappa shape index (κ2) is 6.72. The van der Waals surface area contributed by atoms with Crippen molar-refractivity contribution in [1.82, 2.24) is 4.98 Å². The number of rotatable bonds is 4. The smallest absolute Gasteiger partial charge is 0.331 e. The van der Waals surface area contributed by atoms with Crippen molar-refractivity contribution >= 4 is 28.9 Å². The van der Waals surface area contributed by atoms with Crippen molar-refractivity contribution in [2.45, 2.75) is 46.3 Å². The molecule has 1 aromatic heterocycles. The van der Waals surface area contributed by atoms with E-state index < -0.39 is 17.6 Å².